The molecule has 1 saturated carbocycles. The summed E-state index contributed by atoms with van der Waals surface area (Å²) in [5, 5.41) is 3.67. The van der Waals surface area contributed by atoms with Gasteiger partial charge < -0.3 is 10.3 Å². The molecule has 1 heterocycles. The topological polar surface area (TPSA) is 48.1 Å². The molecule has 2 amide bonds. The minimum absolute atomic E-state index is 0.00261. The Hall–Kier alpha value is -2.89. The van der Waals surface area contributed by atoms with E-state index in [1.165, 1.54) is 4.90 Å². The Labute approximate surface area is 143 Å². The largest absolute Gasteiger partial charge is 0.359 e. The summed E-state index contributed by atoms with van der Waals surface area (Å²) in [4.78, 5) is 17.2. The molecule has 3 unspecified atom stereocenters. The van der Waals surface area contributed by atoms with Crippen LogP contribution in [0.5, 0.6) is 0 Å². The number of anilines is 2. The maximum Gasteiger partial charge on any atom is 0.326 e. The van der Waals surface area contributed by atoms with Crippen LogP contribution in [-0.2, 0) is 0 Å². The molecule has 1 aliphatic rings. The molecule has 1 aliphatic carbocycles. The second kappa shape index (κ2) is 6.20. The smallest absolute Gasteiger partial charge is 0.326 e. The van der Waals surface area contributed by atoms with Crippen molar-refractivity contribution in [1.82, 2.24) is 4.98 Å². The van der Waals surface area contributed by atoms with Crippen molar-refractivity contribution in [3.8, 4) is 0 Å². The van der Waals surface area contributed by atoms with Crippen LogP contribution >= 0.6 is 0 Å². The third-order valence-electron chi connectivity index (χ3n) is 4.60. The van der Waals surface area contributed by atoms with Crippen LogP contribution in [0.25, 0.3) is 10.9 Å². The number of aromatic nitrogens is 1. The Kier molecular flexibility index (Phi) is 3.87. The number of para-hydroxylation sites is 2. The molecule has 0 bridgehead atoms. The Bertz CT molecular complexity index is 896. The number of nitrogens with zero attached hydrogens (tertiary/aromatic N) is 1. The molecular formula is C19H17F2N3O. The number of hydrogen-bond donors (Lipinski definition) is 2. The number of halogens is 2. The third-order valence-corrected chi connectivity index (χ3v) is 4.60. The SMILES string of the molecule is O=C(Nc1c[nH]c2ccccc12)N(c1ccccc1)C1CC(F)C1F. The minimum Gasteiger partial charge on any atom is -0.359 e. The maximum absolute atomic E-state index is 14.0. The molecule has 4 rings (SSSR count). The monoisotopic (exact) mass is 341 g/mol. The lowest BCUT2D eigenvalue weighted by Gasteiger charge is -2.42. The molecule has 4 nitrogen and oxygen atoms in total. The van der Waals surface area contributed by atoms with Crippen molar-refractivity contribution in [3.05, 3.63) is 60.8 Å². The van der Waals surface area contributed by atoms with E-state index in [9.17, 15) is 13.6 Å². The number of urea groups is 1. The van der Waals surface area contributed by atoms with Crippen LogP contribution in [-0.4, -0.2) is 29.4 Å². The van der Waals surface area contributed by atoms with Gasteiger partial charge in [0.2, 0.25) is 0 Å². The van der Waals surface area contributed by atoms with Crippen LogP contribution in [0.2, 0.25) is 0 Å². The first-order chi connectivity index (χ1) is 12.1. The van der Waals surface area contributed by atoms with E-state index in [2.05, 4.69) is 10.3 Å². The quantitative estimate of drug-likeness (QED) is 0.715. The molecule has 2 N–H and O–H groups in total. The summed E-state index contributed by atoms with van der Waals surface area (Å²) < 4.78 is 27.3. The standard InChI is InChI=1S/C19H17F2N3O/c20-14-10-17(18(14)21)24(12-6-2-1-3-7-12)19(25)23-16-11-22-15-9-5-4-8-13(15)16/h1-9,11,14,17-18,22H,10H2,(H,23,25). The summed E-state index contributed by atoms with van der Waals surface area (Å²) in [5.74, 6) is 0. The summed E-state index contributed by atoms with van der Waals surface area (Å²) >= 11 is 0. The molecule has 128 valence electrons. The molecule has 0 saturated heterocycles. The van der Waals surface area contributed by atoms with E-state index >= 15 is 0 Å². The Morgan fingerprint density at radius 2 is 1.80 bits per heavy atom. The molecule has 0 radical (unpaired) electrons. The predicted molar refractivity (Wildman–Crippen MR) is 94.4 cm³/mol. The molecule has 0 aliphatic heterocycles. The molecule has 2 aromatic carbocycles. The highest BCUT2D eigenvalue weighted by Crippen LogP contribution is 2.35. The fraction of sp³-hybridized carbons (Fsp3) is 0.211. The van der Waals surface area contributed by atoms with Crippen LogP contribution in [0, 0.1) is 0 Å². The third kappa shape index (κ3) is 2.73. The van der Waals surface area contributed by atoms with Crippen molar-refractivity contribution < 1.29 is 13.6 Å². The normalized spacial score (nSPS) is 22.4. The Balaban J connectivity index is 1.64. The lowest BCUT2D eigenvalue weighted by molar-refractivity contribution is 0.0452. The van der Waals surface area contributed by atoms with Crippen LogP contribution in [0.1, 0.15) is 6.42 Å². The highest BCUT2D eigenvalue weighted by Gasteiger charge is 2.47. The van der Waals surface area contributed by atoms with Crippen LogP contribution in [0.4, 0.5) is 25.0 Å². The van der Waals surface area contributed by atoms with Gasteiger partial charge >= 0.3 is 6.03 Å². The van der Waals surface area contributed by atoms with Crippen molar-refractivity contribution in [3.63, 3.8) is 0 Å². The van der Waals surface area contributed by atoms with Crippen LogP contribution in [0.15, 0.2) is 60.8 Å². The van der Waals surface area contributed by atoms with Gasteiger partial charge in [-0.05, 0) is 18.2 Å². The number of nitrogens with one attached hydrogen (secondary N) is 2. The van der Waals surface area contributed by atoms with Gasteiger partial charge in [0, 0.05) is 29.2 Å². The zero-order valence-electron chi connectivity index (χ0n) is 13.3. The number of fused-ring (bicyclic) bond motifs is 1. The second-order valence-electron chi connectivity index (χ2n) is 6.15. The van der Waals surface area contributed by atoms with Crippen molar-refractivity contribution >= 4 is 28.3 Å². The fourth-order valence-electron chi connectivity index (χ4n) is 3.18. The number of benzene rings is 2. The number of amides is 2. The number of alkyl halides is 2. The van der Waals surface area contributed by atoms with Gasteiger partial charge in [-0.2, -0.15) is 0 Å². The summed E-state index contributed by atoms with van der Waals surface area (Å²) in [6, 6.07) is 15.0. The number of aromatic amines is 1. The Morgan fingerprint density at radius 3 is 2.52 bits per heavy atom. The molecule has 3 atom stereocenters. The molecule has 1 fully saturated rings. The molecule has 6 heteroatoms. The summed E-state index contributed by atoms with van der Waals surface area (Å²) in [6.07, 6.45) is -1.50. The van der Waals surface area contributed by atoms with E-state index in [1.54, 1.807) is 30.5 Å². The van der Waals surface area contributed by atoms with Gasteiger partial charge in [0.05, 0.1) is 11.7 Å². The summed E-state index contributed by atoms with van der Waals surface area (Å²) in [6.45, 7) is 0. The fourth-order valence-corrected chi connectivity index (χ4v) is 3.18. The lowest BCUT2D eigenvalue weighted by atomic mass is 9.86. The van der Waals surface area contributed by atoms with Crippen molar-refractivity contribution in [2.24, 2.45) is 0 Å². The number of rotatable bonds is 3. The second-order valence-corrected chi connectivity index (χ2v) is 6.15. The van der Waals surface area contributed by atoms with Crippen molar-refractivity contribution in [2.75, 3.05) is 10.2 Å². The first kappa shape index (κ1) is 15.6. The molecule has 25 heavy (non-hydrogen) atoms. The summed E-state index contributed by atoms with van der Waals surface area (Å²) in [7, 11) is 0. The summed E-state index contributed by atoms with van der Waals surface area (Å²) in [5.41, 5.74) is 2.03. The van der Waals surface area contributed by atoms with Crippen molar-refractivity contribution in [2.45, 2.75) is 24.8 Å². The van der Waals surface area contributed by atoms with Gasteiger partial charge in [0.25, 0.3) is 0 Å². The van der Waals surface area contributed by atoms with E-state index in [-0.39, 0.29) is 6.42 Å². The molecule has 3 aromatic rings. The van der Waals surface area contributed by atoms with Crippen molar-refractivity contribution in [1.29, 1.82) is 0 Å². The number of carbonyl (C=O) groups excluding carboxylic acids is 1. The van der Waals surface area contributed by atoms with E-state index in [1.807, 2.05) is 30.3 Å². The van der Waals surface area contributed by atoms with E-state index in [4.69, 9.17) is 0 Å². The van der Waals surface area contributed by atoms with Crippen LogP contribution < -0.4 is 10.2 Å². The van der Waals surface area contributed by atoms with E-state index in [0.29, 0.717) is 11.4 Å². The zero-order valence-corrected chi connectivity index (χ0v) is 13.3. The number of H-pyrrole nitrogens is 1. The van der Waals surface area contributed by atoms with Gasteiger partial charge in [0.1, 0.15) is 6.17 Å². The maximum atomic E-state index is 14.0. The number of carbonyl (C=O) groups is 1. The lowest BCUT2D eigenvalue weighted by Crippen LogP contribution is -2.58. The zero-order chi connectivity index (χ0) is 17.4. The van der Waals surface area contributed by atoms with E-state index < -0.39 is 24.4 Å². The average Bonchev–Trinajstić information content (AvgIpc) is 3.05. The van der Waals surface area contributed by atoms with Gasteiger partial charge in [-0.1, -0.05) is 36.4 Å². The first-order valence-electron chi connectivity index (χ1n) is 8.14. The Morgan fingerprint density at radius 1 is 1.08 bits per heavy atom. The van der Waals surface area contributed by atoms with Gasteiger partial charge in [-0.25, -0.2) is 13.6 Å². The molecule has 0 spiro atoms. The van der Waals surface area contributed by atoms with Gasteiger partial charge in [-0.15, -0.1) is 0 Å². The average molecular weight is 341 g/mol. The first-order valence-corrected chi connectivity index (χ1v) is 8.14. The van der Waals surface area contributed by atoms with E-state index in [0.717, 1.165) is 10.9 Å². The highest BCUT2D eigenvalue weighted by molar-refractivity contribution is 6.07. The minimum atomic E-state index is -1.67. The molecular weight excluding hydrogens is 324 g/mol. The highest BCUT2D eigenvalue weighted by atomic mass is 19.2. The predicted octanol–water partition coefficient (Wildman–Crippen LogP) is 4.65. The van der Waals surface area contributed by atoms with Crippen LogP contribution in [0.3, 0.4) is 0 Å². The number of hydrogen-bond acceptors (Lipinski definition) is 1. The van der Waals surface area contributed by atoms with Gasteiger partial charge in [-0.3, -0.25) is 4.90 Å². The van der Waals surface area contributed by atoms with Gasteiger partial charge in [0.15, 0.2) is 6.17 Å². The molecule has 1 aromatic heterocycles.